The lowest BCUT2D eigenvalue weighted by atomic mass is 9.94. The van der Waals surface area contributed by atoms with Crippen LogP contribution in [-0.2, 0) is 6.42 Å². The van der Waals surface area contributed by atoms with Crippen LogP contribution in [-0.4, -0.2) is 17.6 Å². The molecule has 1 aromatic heterocycles. The maximum Gasteiger partial charge on any atom is 0.0925 e. The SMILES string of the molecule is CCNC(CCc1nccs1)C1CCCC1. The van der Waals surface area contributed by atoms with E-state index in [2.05, 4.69) is 22.6 Å². The van der Waals surface area contributed by atoms with Crippen molar-refractivity contribution in [1.82, 2.24) is 10.3 Å². The second-order valence-electron chi connectivity index (χ2n) is 4.67. The molecule has 0 radical (unpaired) electrons. The fourth-order valence-electron chi connectivity index (χ4n) is 2.78. The highest BCUT2D eigenvalue weighted by molar-refractivity contribution is 7.09. The Bertz CT molecular complexity index is 278. The van der Waals surface area contributed by atoms with Gasteiger partial charge in [0.1, 0.15) is 0 Å². The summed E-state index contributed by atoms with van der Waals surface area (Å²) >= 11 is 1.79. The van der Waals surface area contributed by atoms with E-state index in [9.17, 15) is 0 Å². The number of hydrogen-bond acceptors (Lipinski definition) is 3. The fraction of sp³-hybridized carbons (Fsp3) is 0.769. The number of nitrogens with one attached hydrogen (secondary N) is 1. The molecule has 2 rings (SSSR count). The minimum Gasteiger partial charge on any atom is -0.314 e. The zero-order chi connectivity index (χ0) is 11.2. The van der Waals surface area contributed by atoms with E-state index in [1.807, 2.05) is 6.20 Å². The lowest BCUT2D eigenvalue weighted by molar-refractivity contribution is 0.346. The van der Waals surface area contributed by atoms with E-state index in [0.717, 1.165) is 24.9 Å². The van der Waals surface area contributed by atoms with Crippen LogP contribution in [0.3, 0.4) is 0 Å². The van der Waals surface area contributed by atoms with E-state index in [1.54, 1.807) is 11.3 Å². The average molecular weight is 238 g/mol. The van der Waals surface area contributed by atoms with E-state index in [4.69, 9.17) is 0 Å². The molecule has 16 heavy (non-hydrogen) atoms. The van der Waals surface area contributed by atoms with Crippen molar-refractivity contribution < 1.29 is 0 Å². The zero-order valence-electron chi connectivity index (χ0n) is 10.1. The summed E-state index contributed by atoms with van der Waals surface area (Å²) < 4.78 is 0. The summed E-state index contributed by atoms with van der Waals surface area (Å²) in [6, 6.07) is 0.719. The van der Waals surface area contributed by atoms with Gasteiger partial charge in [0.2, 0.25) is 0 Å². The van der Waals surface area contributed by atoms with Crippen molar-refractivity contribution >= 4 is 11.3 Å². The first-order valence-electron chi connectivity index (χ1n) is 6.52. The molecule has 0 aromatic carbocycles. The van der Waals surface area contributed by atoms with Crippen molar-refractivity contribution in [2.45, 2.75) is 51.5 Å². The van der Waals surface area contributed by atoms with Gasteiger partial charge in [-0.15, -0.1) is 11.3 Å². The molecule has 0 bridgehead atoms. The smallest absolute Gasteiger partial charge is 0.0925 e. The Labute approximate surface area is 102 Å². The van der Waals surface area contributed by atoms with Crippen molar-refractivity contribution in [2.24, 2.45) is 5.92 Å². The molecular weight excluding hydrogens is 216 g/mol. The largest absolute Gasteiger partial charge is 0.314 e. The molecule has 0 saturated heterocycles. The Kier molecular flexibility index (Phi) is 4.79. The van der Waals surface area contributed by atoms with Gasteiger partial charge >= 0.3 is 0 Å². The van der Waals surface area contributed by atoms with E-state index in [1.165, 1.54) is 37.1 Å². The third-order valence-electron chi connectivity index (χ3n) is 3.59. The van der Waals surface area contributed by atoms with Gasteiger partial charge in [0, 0.05) is 24.0 Å². The Morgan fingerprint density at radius 3 is 2.94 bits per heavy atom. The number of thiazole rings is 1. The van der Waals surface area contributed by atoms with Crippen LogP contribution in [0.15, 0.2) is 11.6 Å². The summed E-state index contributed by atoms with van der Waals surface area (Å²) in [5, 5.41) is 7.03. The molecule has 2 nitrogen and oxygen atoms in total. The summed E-state index contributed by atoms with van der Waals surface area (Å²) in [7, 11) is 0. The molecule has 1 aromatic rings. The van der Waals surface area contributed by atoms with Gasteiger partial charge in [-0.2, -0.15) is 0 Å². The molecule has 1 N–H and O–H groups in total. The van der Waals surface area contributed by atoms with Gasteiger partial charge in [-0.3, -0.25) is 0 Å². The number of aromatic nitrogens is 1. The van der Waals surface area contributed by atoms with Crippen LogP contribution in [0.5, 0.6) is 0 Å². The molecule has 1 aliphatic rings. The van der Waals surface area contributed by atoms with E-state index in [-0.39, 0.29) is 0 Å². The Morgan fingerprint density at radius 2 is 2.31 bits per heavy atom. The Morgan fingerprint density at radius 1 is 1.50 bits per heavy atom. The highest BCUT2D eigenvalue weighted by Crippen LogP contribution is 2.29. The molecule has 90 valence electrons. The van der Waals surface area contributed by atoms with Gasteiger partial charge in [0.15, 0.2) is 0 Å². The van der Waals surface area contributed by atoms with Gasteiger partial charge in [-0.05, 0) is 31.7 Å². The third-order valence-corrected chi connectivity index (χ3v) is 4.43. The number of hydrogen-bond donors (Lipinski definition) is 1. The molecule has 1 atom stereocenters. The molecule has 0 amide bonds. The van der Waals surface area contributed by atoms with Crippen LogP contribution in [0.25, 0.3) is 0 Å². The van der Waals surface area contributed by atoms with Crippen LogP contribution in [0, 0.1) is 5.92 Å². The minimum absolute atomic E-state index is 0.719. The molecule has 1 fully saturated rings. The van der Waals surface area contributed by atoms with E-state index < -0.39 is 0 Å². The first-order valence-corrected chi connectivity index (χ1v) is 7.40. The summed E-state index contributed by atoms with van der Waals surface area (Å²) in [4.78, 5) is 4.37. The van der Waals surface area contributed by atoms with Gasteiger partial charge in [0.05, 0.1) is 5.01 Å². The Hall–Kier alpha value is -0.410. The average Bonchev–Trinajstić information content (AvgIpc) is 2.96. The summed E-state index contributed by atoms with van der Waals surface area (Å²) in [6.07, 6.45) is 10.0. The maximum absolute atomic E-state index is 4.37. The van der Waals surface area contributed by atoms with Crippen LogP contribution >= 0.6 is 11.3 Å². The van der Waals surface area contributed by atoms with Gasteiger partial charge in [0.25, 0.3) is 0 Å². The quantitative estimate of drug-likeness (QED) is 0.823. The first kappa shape index (κ1) is 12.1. The van der Waals surface area contributed by atoms with Gasteiger partial charge < -0.3 is 5.32 Å². The van der Waals surface area contributed by atoms with Crippen LogP contribution < -0.4 is 5.32 Å². The second kappa shape index (κ2) is 6.36. The Balaban J connectivity index is 1.82. The monoisotopic (exact) mass is 238 g/mol. The van der Waals surface area contributed by atoms with Crippen LogP contribution in [0.1, 0.15) is 44.0 Å². The predicted molar refractivity (Wildman–Crippen MR) is 69.9 cm³/mol. The molecule has 1 saturated carbocycles. The van der Waals surface area contributed by atoms with Crippen molar-refractivity contribution in [2.75, 3.05) is 6.54 Å². The summed E-state index contributed by atoms with van der Waals surface area (Å²) in [6.45, 7) is 3.31. The molecule has 0 aliphatic heterocycles. The number of nitrogens with zero attached hydrogens (tertiary/aromatic N) is 1. The summed E-state index contributed by atoms with van der Waals surface area (Å²) in [5.41, 5.74) is 0. The van der Waals surface area contributed by atoms with Crippen LogP contribution in [0.2, 0.25) is 0 Å². The highest BCUT2D eigenvalue weighted by atomic mass is 32.1. The minimum atomic E-state index is 0.719. The van der Waals surface area contributed by atoms with Crippen molar-refractivity contribution in [3.63, 3.8) is 0 Å². The van der Waals surface area contributed by atoms with E-state index >= 15 is 0 Å². The maximum atomic E-state index is 4.37. The first-order chi connectivity index (χ1) is 7.90. The molecule has 1 unspecified atom stereocenters. The third kappa shape index (κ3) is 3.29. The highest BCUT2D eigenvalue weighted by Gasteiger charge is 2.24. The van der Waals surface area contributed by atoms with Gasteiger partial charge in [-0.25, -0.2) is 4.98 Å². The van der Waals surface area contributed by atoms with Crippen molar-refractivity contribution in [3.05, 3.63) is 16.6 Å². The second-order valence-corrected chi connectivity index (χ2v) is 5.65. The molecular formula is C13H22N2S. The summed E-state index contributed by atoms with van der Waals surface area (Å²) in [5.74, 6) is 0.917. The lowest BCUT2D eigenvalue weighted by Crippen LogP contribution is -2.35. The zero-order valence-corrected chi connectivity index (χ0v) is 10.9. The number of rotatable bonds is 6. The molecule has 1 heterocycles. The van der Waals surface area contributed by atoms with Gasteiger partial charge in [-0.1, -0.05) is 19.8 Å². The standard InChI is InChI=1S/C13H22N2S/c1-2-14-12(11-5-3-4-6-11)7-8-13-15-9-10-16-13/h9-12,14H,2-8H2,1H3. The van der Waals surface area contributed by atoms with Crippen LogP contribution in [0.4, 0.5) is 0 Å². The predicted octanol–water partition coefficient (Wildman–Crippen LogP) is 3.24. The van der Waals surface area contributed by atoms with Crippen molar-refractivity contribution in [1.29, 1.82) is 0 Å². The van der Waals surface area contributed by atoms with Crippen molar-refractivity contribution in [3.8, 4) is 0 Å². The number of aryl methyl sites for hydroxylation is 1. The molecule has 0 spiro atoms. The normalized spacial score (nSPS) is 19.1. The molecule has 3 heteroatoms. The molecule has 1 aliphatic carbocycles. The lowest BCUT2D eigenvalue weighted by Gasteiger charge is -2.23. The van der Waals surface area contributed by atoms with E-state index in [0.29, 0.717) is 0 Å². The fourth-order valence-corrected chi connectivity index (χ4v) is 3.42. The topological polar surface area (TPSA) is 24.9 Å².